The Morgan fingerprint density at radius 2 is 2.21 bits per heavy atom. The van der Waals surface area contributed by atoms with E-state index >= 15 is 0 Å². The lowest BCUT2D eigenvalue weighted by Gasteiger charge is -2.08. The Balaban J connectivity index is 1.72. The van der Waals surface area contributed by atoms with E-state index in [1.807, 2.05) is 0 Å². The van der Waals surface area contributed by atoms with Gasteiger partial charge in [-0.15, -0.1) is 0 Å². The predicted octanol–water partition coefficient (Wildman–Crippen LogP) is 1.22. The topological polar surface area (TPSA) is 81.4 Å². The maximum absolute atomic E-state index is 11.7. The first-order valence-electron chi connectivity index (χ1n) is 6.42. The highest BCUT2D eigenvalue weighted by Gasteiger charge is 2.33. The number of benzene rings is 1. The Labute approximate surface area is 114 Å². The Bertz CT molecular complexity index is 530. The minimum Gasteiger partial charge on any atom is -0.492 e. The monoisotopic (exact) mass is 284 g/mol. The number of hydrogen-bond acceptors (Lipinski definition) is 4. The van der Waals surface area contributed by atoms with E-state index in [2.05, 4.69) is 11.6 Å². The molecular weight excluding hydrogens is 264 g/mol. The second-order valence-corrected chi connectivity index (χ2v) is 6.99. The number of nitrogens with one attached hydrogen (secondary N) is 1. The van der Waals surface area contributed by atoms with Gasteiger partial charge in [0.2, 0.25) is 10.0 Å². The highest BCUT2D eigenvalue weighted by Crippen LogP contribution is 2.36. The summed E-state index contributed by atoms with van der Waals surface area (Å²) in [6.45, 7) is 2.79. The lowest BCUT2D eigenvalue weighted by molar-refractivity contribution is 0.340. The van der Waals surface area contributed by atoms with Crippen LogP contribution in [0.1, 0.15) is 13.3 Å². The van der Waals surface area contributed by atoms with Crippen LogP contribution in [-0.2, 0) is 10.0 Å². The van der Waals surface area contributed by atoms with Crippen molar-refractivity contribution in [3.8, 4) is 5.75 Å². The average Bonchev–Trinajstić information content (AvgIpc) is 3.03. The molecule has 0 spiro atoms. The molecule has 19 heavy (non-hydrogen) atoms. The maximum atomic E-state index is 11.7. The quantitative estimate of drug-likeness (QED) is 0.738. The summed E-state index contributed by atoms with van der Waals surface area (Å²) in [5, 5.41) is 0. The number of anilines is 1. The molecule has 0 aliphatic heterocycles. The summed E-state index contributed by atoms with van der Waals surface area (Å²) in [6, 6.07) is 6.95. The van der Waals surface area contributed by atoms with Crippen LogP contribution in [0.25, 0.3) is 0 Å². The van der Waals surface area contributed by atoms with Crippen molar-refractivity contribution in [2.75, 3.05) is 24.6 Å². The van der Waals surface area contributed by atoms with Crippen LogP contribution in [0.3, 0.4) is 0 Å². The first kappa shape index (κ1) is 14.1. The van der Waals surface area contributed by atoms with Gasteiger partial charge in [-0.25, -0.2) is 13.1 Å². The summed E-state index contributed by atoms with van der Waals surface area (Å²) in [6.07, 6.45) is 1.11. The molecule has 3 N–H and O–H groups in total. The third kappa shape index (κ3) is 4.72. The van der Waals surface area contributed by atoms with Crippen LogP contribution in [0.5, 0.6) is 5.75 Å². The third-order valence-corrected chi connectivity index (χ3v) is 4.63. The normalized spacial score (nSPS) is 22.2. The zero-order chi connectivity index (χ0) is 13.9. The first-order valence-corrected chi connectivity index (χ1v) is 8.07. The predicted molar refractivity (Wildman–Crippen MR) is 75.4 cm³/mol. The standard InChI is InChI=1S/C13H20N2O3S/c1-10-7-11(10)9-15-19(16,17)6-5-18-13-4-2-3-12(14)8-13/h2-4,8,10-11,15H,5-7,9,14H2,1H3. The fourth-order valence-corrected chi connectivity index (χ4v) is 2.78. The molecule has 1 aromatic carbocycles. The SMILES string of the molecule is CC1CC1CNS(=O)(=O)CCOc1cccc(N)c1. The summed E-state index contributed by atoms with van der Waals surface area (Å²) in [5.41, 5.74) is 6.20. The van der Waals surface area contributed by atoms with Gasteiger partial charge < -0.3 is 10.5 Å². The molecule has 2 atom stereocenters. The largest absolute Gasteiger partial charge is 0.492 e. The number of hydrogen-bond donors (Lipinski definition) is 2. The van der Waals surface area contributed by atoms with Crippen LogP contribution < -0.4 is 15.2 Å². The van der Waals surface area contributed by atoms with Gasteiger partial charge in [-0.1, -0.05) is 13.0 Å². The van der Waals surface area contributed by atoms with Gasteiger partial charge in [0.05, 0.1) is 5.75 Å². The molecule has 1 saturated carbocycles. The van der Waals surface area contributed by atoms with Crippen LogP contribution in [0.15, 0.2) is 24.3 Å². The van der Waals surface area contributed by atoms with Crippen molar-refractivity contribution in [3.63, 3.8) is 0 Å². The van der Waals surface area contributed by atoms with E-state index in [1.165, 1.54) is 0 Å². The highest BCUT2D eigenvalue weighted by atomic mass is 32.2. The van der Waals surface area contributed by atoms with Gasteiger partial charge in [-0.3, -0.25) is 0 Å². The van der Waals surface area contributed by atoms with Gasteiger partial charge in [0.15, 0.2) is 0 Å². The van der Waals surface area contributed by atoms with Gasteiger partial charge in [0, 0.05) is 18.3 Å². The molecule has 0 saturated heterocycles. The number of rotatable bonds is 7. The average molecular weight is 284 g/mol. The second-order valence-electron chi connectivity index (χ2n) is 5.06. The smallest absolute Gasteiger partial charge is 0.214 e. The summed E-state index contributed by atoms with van der Waals surface area (Å²) >= 11 is 0. The lowest BCUT2D eigenvalue weighted by Crippen LogP contribution is -2.30. The van der Waals surface area contributed by atoms with Crippen molar-refractivity contribution in [1.82, 2.24) is 4.72 Å². The van der Waals surface area contributed by atoms with Crippen molar-refractivity contribution in [1.29, 1.82) is 0 Å². The van der Waals surface area contributed by atoms with Crippen molar-refractivity contribution in [2.45, 2.75) is 13.3 Å². The van der Waals surface area contributed by atoms with Gasteiger partial charge in [-0.2, -0.15) is 0 Å². The molecular formula is C13H20N2O3S. The van der Waals surface area contributed by atoms with Crippen LogP contribution >= 0.6 is 0 Å². The first-order chi connectivity index (χ1) is 8.96. The van der Waals surface area contributed by atoms with Gasteiger partial charge in [0.1, 0.15) is 12.4 Å². The minimum absolute atomic E-state index is 0.0388. The van der Waals surface area contributed by atoms with Crippen molar-refractivity contribution < 1.29 is 13.2 Å². The second kappa shape index (κ2) is 5.79. The highest BCUT2D eigenvalue weighted by molar-refractivity contribution is 7.89. The van der Waals surface area contributed by atoms with Crippen LogP contribution in [-0.4, -0.2) is 27.3 Å². The fraction of sp³-hybridized carbons (Fsp3) is 0.538. The molecule has 0 radical (unpaired) electrons. The van der Waals surface area contributed by atoms with Gasteiger partial charge in [-0.05, 0) is 30.4 Å². The minimum atomic E-state index is -3.25. The van der Waals surface area contributed by atoms with Crippen molar-refractivity contribution in [3.05, 3.63) is 24.3 Å². The molecule has 1 fully saturated rings. The van der Waals surface area contributed by atoms with E-state index in [1.54, 1.807) is 24.3 Å². The third-order valence-electron chi connectivity index (χ3n) is 3.32. The molecule has 6 heteroatoms. The molecule has 0 aromatic heterocycles. The van der Waals surface area contributed by atoms with E-state index in [4.69, 9.17) is 10.5 Å². The van der Waals surface area contributed by atoms with Gasteiger partial charge in [0.25, 0.3) is 0 Å². The number of nitrogen functional groups attached to an aromatic ring is 1. The van der Waals surface area contributed by atoms with Crippen LogP contribution in [0.4, 0.5) is 5.69 Å². The molecule has 1 aromatic rings. The van der Waals surface area contributed by atoms with Crippen molar-refractivity contribution in [2.24, 2.45) is 11.8 Å². The number of nitrogens with two attached hydrogens (primary N) is 1. The fourth-order valence-electron chi connectivity index (χ4n) is 1.86. The Morgan fingerprint density at radius 3 is 2.84 bits per heavy atom. The van der Waals surface area contributed by atoms with E-state index in [0.29, 0.717) is 29.8 Å². The summed E-state index contributed by atoms with van der Waals surface area (Å²) in [5.74, 6) is 1.70. The zero-order valence-corrected chi connectivity index (χ0v) is 11.8. The molecule has 0 bridgehead atoms. The van der Waals surface area contributed by atoms with Crippen LogP contribution in [0, 0.1) is 11.8 Å². The molecule has 2 unspecified atom stereocenters. The van der Waals surface area contributed by atoms with Gasteiger partial charge >= 0.3 is 0 Å². The maximum Gasteiger partial charge on any atom is 0.214 e. The molecule has 0 heterocycles. The van der Waals surface area contributed by atoms with E-state index < -0.39 is 10.0 Å². The Kier molecular flexibility index (Phi) is 4.31. The van der Waals surface area contributed by atoms with Crippen molar-refractivity contribution >= 4 is 15.7 Å². The Hall–Kier alpha value is -1.27. The summed E-state index contributed by atoms with van der Waals surface area (Å²) in [4.78, 5) is 0. The zero-order valence-electron chi connectivity index (χ0n) is 11.0. The number of ether oxygens (including phenoxy) is 1. The van der Waals surface area contributed by atoms with E-state index in [9.17, 15) is 8.42 Å². The molecule has 1 aliphatic carbocycles. The molecule has 2 rings (SSSR count). The molecule has 106 valence electrons. The molecule has 0 amide bonds. The summed E-state index contributed by atoms with van der Waals surface area (Å²) < 4.78 is 31.4. The van der Waals surface area contributed by atoms with E-state index in [0.717, 1.165) is 6.42 Å². The summed E-state index contributed by atoms with van der Waals surface area (Å²) in [7, 11) is -3.25. The lowest BCUT2D eigenvalue weighted by atomic mass is 10.3. The van der Waals surface area contributed by atoms with Crippen LogP contribution in [0.2, 0.25) is 0 Å². The number of sulfonamides is 1. The molecule has 1 aliphatic rings. The molecule has 5 nitrogen and oxygen atoms in total. The van der Waals surface area contributed by atoms with E-state index in [-0.39, 0.29) is 12.4 Å². The Morgan fingerprint density at radius 1 is 1.47 bits per heavy atom.